The predicted molar refractivity (Wildman–Crippen MR) is 35.6 cm³/mol. The van der Waals surface area contributed by atoms with Crippen LogP contribution >= 0.6 is 0 Å². The second kappa shape index (κ2) is 5.61. The van der Waals surface area contributed by atoms with E-state index < -0.39 is 0 Å². The third kappa shape index (κ3) is 3.79. The van der Waals surface area contributed by atoms with Crippen molar-refractivity contribution in [1.29, 1.82) is 0 Å². The lowest BCUT2D eigenvalue weighted by Crippen LogP contribution is -2.25. The van der Waals surface area contributed by atoms with Crippen LogP contribution < -0.4 is 5.48 Å². The Hall–Kier alpha value is -0.160. The number of hydroxylamine groups is 1. The quantitative estimate of drug-likeness (QED) is 0.504. The van der Waals surface area contributed by atoms with Crippen LogP contribution in [-0.4, -0.2) is 39.6 Å². The minimum atomic E-state index is 0.611. The number of nitrogens with one attached hydrogen (secondary N) is 1. The molecule has 10 heavy (non-hydrogen) atoms. The van der Waals surface area contributed by atoms with E-state index >= 15 is 0 Å². The first kappa shape index (κ1) is 7.94. The Morgan fingerprint density at radius 2 is 1.50 bits per heavy atom. The lowest BCUT2D eigenvalue weighted by molar-refractivity contribution is -0.0442. The van der Waals surface area contributed by atoms with Crippen molar-refractivity contribution >= 4 is 0 Å². The van der Waals surface area contributed by atoms with Crippen molar-refractivity contribution in [2.75, 3.05) is 39.6 Å². The molecule has 0 aromatic rings. The van der Waals surface area contributed by atoms with Crippen LogP contribution in [0.4, 0.5) is 0 Å². The van der Waals surface area contributed by atoms with Crippen LogP contribution in [0.1, 0.15) is 0 Å². The summed E-state index contributed by atoms with van der Waals surface area (Å²) in [6.07, 6.45) is 0. The van der Waals surface area contributed by atoms with Crippen LogP contribution in [-0.2, 0) is 14.3 Å². The number of hydrogen-bond acceptors (Lipinski definition) is 4. The molecule has 4 nitrogen and oxygen atoms in total. The summed E-state index contributed by atoms with van der Waals surface area (Å²) in [5, 5.41) is 0. The third-order valence-electron chi connectivity index (χ3n) is 1.15. The minimum Gasteiger partial charge on any atom is -0.378 e. The van der Waals surface area contributed by atoms with E-state index in [4.69, 9.17) is 14.3 Å². The van der Waals surface area contributed by atoms with Gasteiger partial charge in [-0.25, -0.2) is 5.48 Å². The summed E-state index contributed by atoms with van der Waals surface area (Å²) in [5.74, 6) is 0. The lowest BCUT2D eigenvalue weighted by atomic mass is 10.7. The normalized spacial score (nSPS) is 24.0. The fourth-order valence-corrected chi connectivity index (χ4v) is 0.681. The zero-order valence-corrected chi connectivity index (χ0v) is 5.97. The molecule has 4 heteroatoms. The molecule has 0 bridgehead atoms. The van der Waals surface area contributed by atoms with Gasteiger partial charge in [0.1, 0.15) is 0 Å². The van der Waals surface area contributed by atoms with Gasteiger partial charge in [-0.3, -0.25) is 4.84 Å². The van der Waals surface area contributed by atoms with Gasteiger partial charge in [0, 0.05) is 6.54 Å². The van der Waals surface area contributed by atoms with E-state index in [2.05, 4.69) is 5.48 Å². The summed E-state index contributed by atoms with van der Waals surface area (Å²) >= 11 is 0. The summed E-state index contributed by atoms with van der Waals surface area (Å²) in [6.45, 7) is 4.03. The molecule has 1 heterocycles. The van der Waals surface area contributed by atoms with E-state index in [-0.39, 0.29) is 0 Å². The summed E-state index contributed by atoms with van der Waals surface area (Å²) in [4.78, 5) is 4.96. The van der Waals surface area contributed by atoms with Gasteiger partial charge < -0.3 is 9.47 Å². The molecule has 0 aromatic heterocycles. The average molecular weight is 147 g/mol. The molecule has 0 unspecified atom stereocenters. The van der Waals surface area contributed by atoms with Crippen LogP contribution in [0.5, 0.6) is 0 Å². The zero-order valence-electron chi connectivity index (χ0n) is 5.97. The first-order chi connectivity index (χ1) is 5.00. The highest BCUT2D eigenvalue weighted by atomic mass is 16.7. The van der Waals surface area contributed by atoms with Gasteiger partial charge in [0.05, 0.1) is 33.0 Å². The monoisotopic (exact) mass is 147 g/mol. The number of hydrogen-bond donors (Lipinski definition) is 1. The molecule has 1 aliphatic heterocycles. The maximum atomic E-state index is 5.14. The van der Waals surface area contributed by atoms with Crippen LogP contribution in [0, 0.1) is 0 Å². The fourth-order valence-electron chi connectivity index (χ4n) is 0.681. The molecule has 0 amide bonds. The zero-order chi connectivity index (χ0) is 7.07. The van der Waals surface area contributed by atoms with Crippen molar-refractivity contribution in [2.45, 2.75) is 0 Å². The largest absolute Gasteiger partial charge is 0.378 e. The van der Waals surface area contributed by atoms with Gasteiger partial charge in [-0.2, -0.15) is 0 Å². The highest BCUT2D eigenvalue weighted by Crippen LogP contribution is 1.81. The smallest absolute Gasteiger partial charge is 0.0916 e. The van der Waals surface area contributed by atoms with Crippen LogP contribution in [0.2, 0.25) is 0 Å². The average Bonchev–Trinajstić information content (AvgIpc) is 2.01. The Morgan fingerprint density at radius 3 is 2.40 bits per heavy atom. The van der Waals surface area contributed by atoms with E-state index in [0.29, 0.717) is 33.0 Å². The van der Waals surface area contributed by atoms with Crippen LogP contribution in [0.25, 0.3) is 0 Å². The van der Waals surface area contributed by atoms with Gasteiger partial charge in [0.15, 0.2) is 0 Å². The van der Waals surface area contributed by atoms with Gasteiger partial charge in [-0.15, -0.1) is 0 Å². The van der Waals surface area contributed by atoms with Gasteiger partial charge >= 0.3 is 0 Å². The number of rotatable bonds is 0. The maximum Gasteiger partial charge on any atom is 0.0916 e. The topological polar surface area (TPSA) is 39.7 Å². The SMILES string of the molecule is C1COCCOCCON1. The Balaban J connectivity index is 2.00. The Morgan fingerprint density at radius 1 is 0.800 bits per heavy atom. The fraction of sp³-hybridized carbons (Fsp3) is 1.00. The summed E-state index contributed by atoms with van der Waals surface area (Å²) < 4.78 is 10.3. The van der Waals surface area contributed by atoms with Gasteiger partial charge in [0.25, 0.3) is 0 Å². The Labute approximate surface area is 60.4 Å². The van der Waals surface area contributed by atoms with Crippen molar-refractivity contribution in [3.05, 3.63) is 0 Å². The second-order valence-corrected chi connectivity index (χ2v) is 1.97. The van der Waals surface area contributed by atoms with Crippen molar-refractivity contribution in [3.63, 3.8) is 0 Å². The molecular formula is C6H13NO3. The maximum absolute atomic E-state index is 5.14. The number of ether oxygens (including phenoxy) is 2. The molecule has 0 spiro atoms. The van der Waals surface area contributed by atoms with Crippen LogP contribution in [0.3, 0.4) is 0 Å². The predicted octanol–water partition coefficient (Wildman–Crippen LogP) is -0.446. The first-order valence-corrected chi connectivity index (χ1v) is 3.50. The molecule has 0 saturated carbocycles. The standard InChI is InChI=1S/C6H13NO3/c1-2-8-3-4-9-5-6-10-7-1/h7H,1-6H2. The summed E-state index contributed by atoms with van der Waals surface area (Å²) in [7, 11) is 0. The van der Waals surface area contributed by atoms with E-state index in [9.17, 15) is 0 Å². The van der Waals surface area contributed by atoms with Gasteiger partial charge in [0.2, 0.25) is 0 Å². The van der Waals surface area contributed by atoms with E-state index in [1.165, 1.54) is 0 Å². The first-order valence-electron chi connectivity index (χ1n) is 3.50. The molecule has 1 rings (SSSR count). The molecule has 0 atom stereocenters. The van der Waals surface area contributed by atoms with Crippen molar-refractivity contribution in [3.8, 4) is 0 Å². The molecular weight excluding hydrogens is 134 g/mol. The molecule has 0 aliphatic carbocycles. The van der Waals surface area contributed by atoms with E-state index in [1.54, 1.807) is 0 Å². The van der Waals surface area contributed by atoms with E-state index in [0.717, 1.165) is 6.54 Å². The molecule has 1 fully saturated rings. The van der Waals surface area contributed by atoms with E-state index in [1.807, 2.05) is 0 Å². The summed E-state index contributed by atoms with van der Waals surface area (Å²) in [6, 6.07) is 0. The highest BCUT2D eigenvalue weighted by molar-refractivity contribution is 4.37. The Kier molecular flexibility index (Phi) is 4.46. The molecule has 0 aromatic carbocycles. The molecule has 1 saturated heterocycles. The molecule has 1 N–H and O–H groups in total. The van der Waals surface area contributed by atoms with Gasteiger partial charge in [-0.05, 0) is 0 Å². The van der Waals surface area contributed by atoms with Crippen molar-refractivity contribution < 1.29 is 14.3 Å². The van der Waals surface area contributed by atoms with Crippen molar-refractivity contribution in [2.24, 2.45) is 0 Å². The minimum absolute atomic E-state index is 0.611. The summed E-state index contributed by atoms with van der Waals surface area (Å²) in [5.41, 5.74) is 2.75. The van der Waals surface area contributed by atoms with Crippen molar-refractivity contribution in [1.82, 2.24) is 5.48 Å². The third-order valence-corrected chi connectivity index (χ3v) is 1.15. The highest BCUT2D eigenvalue weighted by Gasteiger charge is 1.94. The molecule has 0 radical (unpaired) electrons. The molecule has 1 aliphatic rings. The Bertz CT molecular complexity index is 46.2. The second-order valence-electron chi connectivity index (χ2n) is 1.97. The lowest BCUT2D eigenvalue weighted by Gasteiger charge is -2.10. The van der Waals surface area contributed by atoms with Gasteiger partial charge in [-0.1, -0.05) is 0 Å². The molecule has 60 valence electrons. The van der Waals surface area contributed by atoms with Crippen LogP contribution in [0.15, 0.2) is 0 Å².